The van der Waals surface area contributed by atoms with Crippen molar-refractivity contribution in [2.45, 2.75) is 0 Å². The minimum absolute atomic E-state index is 0. The van der Waals surface area contributed by atoms with Crippen molar-refractivity contribution < 1.29 is 22.3 Å². The fraction of sp³-hybridized carbons (Fsp3) is 0. The van der Waals surface area contributed by atoms with Gasteiger partial charge in [0, 0.05) is 19.5 Å². The van der Waals surface area contributed by atoms with Crippen molar-refractivity contribution in [3.8, 4) is 0 Å². The number of hydrogen-bond acceptors (Lipinski definition) is 1. The second-order valence-electron chi connectivity index (χ2n) is 0. The molecule has 0 atom stereocenters. The zero-order chi connectivity index (χ0) is 2.00. The zero-order valence-electron chi connectivity index (χ0n) is 4.32. The molecule has 0 saturated carbocycles. The van der Waals surface area contributed by atoms with Crippen molar-refractivity contribution in [2.75, 3.05) is 0 Å². The molecule has 2 radical (unpaired) electrons. The first-order chi connectivity index (χ1) is 1.00. The van der Waals surface area contributed by atoms with Gasteiger partial charge in [-0.1, -0.05) is 0 Å². The predicted molar refractivity (Wildman–Crippen MR) is 21.3 cm³/mol. The van der Waals surface area contributed by atoms with E-state index in [1.807, 2.05) is 0 Å². The van der Waals surface area contributed by atoms with Crippen molar-refractivity contribution in [1.82, 2.24) is 0 Å². The van der Waals surface area contributed by atoms with E-state index >= 15 is 0 Å². The quantitative estimate of drug-likeness (QED) is 0.544. The molecule has 4 heavy (non-hydrogen) atoms. The second-order valence-corrected chi connectivity index (χ2v) is 0. The van der Waals surface area contributed by atoms with Crippen LogP contribution < -0.4 is 0 Å². The summed E-state index contributed by atoms with van der Waals surface area (Å²) >= 11 is 1.13. The van der Waals surface area contributed by atoms with Gasteiger partial charge in [0.05, 0.1) is 0 Å². The minimum Gasteiger partial charge on any atom is 0 e. The molecular weight excluding hydrogens is 240 g/mol. The summed E-state index contributed by atoms with van der Waals surface area (Å²) in [6.07, 6.45) is 0. The molecule has 0 aromatic heterocycles. The Labute approximate surface area is 74.2 Å². The molecule has 0 aliphatic carbocycles. The third kappa shape index (κ3) is 8.83. The van der Waals surface area contributed by atoms with Crippen LogP contribution in [0, 0.1) is 0 Å². The Morgan fingerprint density at radius 2 is 1.50 bits per heavy atom. The second kappa shape index (κ2) is 18.1. The normalized spacial score (nSPS) is 1.00. The van der Waals surface area contributed by atoms with Crippen LogP contribution in [0.4, 0.5) is 0 Å². The van der Waals surface area contributed by atoms with Crippen LogP contribution in [0.5, 0.6) is 0 Å². The van der Waals surface area contributed by atoms with Gasteiger partial charge in [0.15, 0.2) is 0 Å². The Bertz CT molecular complexity index is 13.5. The van der Waals surface area contributed by atoms with Crippen LogP contribution in [0.1, 0.15) is 2.85 Å². The summed E-state index contributed by atoms with van der Waals surface area (Å²) < 4.78 is 0. The zero-order valence-corrected chi connectivity index (χ0v) is 10.4. The van der Waals surface area contributed by atoms with E-state index in [-0.39, 0.29) is 45.4 Å². The number of hydrogen-bond donors (Lipinski definition) is 0. The van der Waals surface area contributed by atoms with Gasteiger partial charge in [-0.2, -0.15) is 0 Å². The summed E-state index contributed by atoms with van der Waals surface area (Å²) in [5.41, 5.74) is 0. The maximum Gasteiger partial charge on any atom is 0 e. The fourth-order valence-corrected chi connectivity index (χ4v) is 0. The summed E-state index contributed by atoms with van der Waals surface area (Å²) in [6, 6.07) is 0. The van der Waals surface area contributed by atoms with E-state index in [0.717, 1.165) is 20.6 Å². The van der Waals surface area contributed by atoms with E-state index in [1.54, 1.807) is 0 Å². The van der Waals surface area contributed by atoms with Crippen molar-refractivity contribution in [3.63, 3.8) is 0 Å². The molecule has 16 valence electrons. The van der Waals surface area contributed by atoms with Crippen molar-refractivity contribution in [1.29, 1.82) is 0 Å². The summed E-state index contributed by atoms with van der Waals surface area (Å²) in [7, 11) is 4.17. The van der Waals surface area contributed by atoms with E-state index in [9.17, 15) is 0 Å². The Kier molecular flexibility index (Phi) is 73.1. The van der Waals surface area contributed by atoms with Crippen LogP contribution in [-0.4, -0.2) is 43.6 Å². The SMILES string of the molecule is [H-].[H-].[Mg+2].[S]=[Sn].[Zn]. The van der Waals surface area contributed by atoms with E-state index in [4.69, 9.17) is 0 Å². The van der Waals surface area contributed by atoms with Gasteiger partial charge in [-0.15, -0.1) is 0 Å². The molecular formula is H2MgSSnZn. The molecule has 0 saturated heterocycles. The fourth-order valence-electron chi connectivity index (χ4n) is 0. The Morgan fingerprint density at radius 1 is 1.50 bits per heavy atom. The third-order valence-electron chi connectivity index (χ3n) is 0. The summed E-state index contributed by atoms with van der Waals surface area (Å²) in [5.74, 6) is 0. The molecule has 4 heteroatoms. The van der Waals surface area contributed by atoms with Crippen LogP contribution in [0.25, 0.3) is 0 Å². The Hall–Kier alpha value is 2.41. The summed E-state index contributed by atoms with van der Waals surface area (Å²) in [5, 5.41) is 0. The van der Waals surface area contributed by atoms with Gasteiger partial charge in [-0.3, -0.25) is 0 Å². The van der Waals surface area contributed by atoms with Crippen LogP contribution in [-0.2, 0) is 19.5 Å². The van der Waals surface area contributed by atoms with Gasteiger partial charge >= 0.3 is 52.9 Å². The van der Waals surface area contributed by atoms with E-state index in [0.29, 0.717) is 0 Å². The van der Waals surface area contributed by atoms with Gasteiger partial charge in [0.1, 0.15) is 0 Å². The Morgan fingerprint density at radius 3 is 1.50 bits per heavy atom. The topological polar surface area (TPSA) is 0 Å². The van der Waals surface area contributed by atoms with Crippen LogP contribution >= 0.6 is 9.29 Å². The van der Waals surface area contributed by atoms with Crippen LogP contribution in [0.15, 0.2) is 0 Å². The van der Waals surface area contributed by atoms with Crippen molar-refractivity contribution >= 4 is 52.9 Å². The molecule has 0 fully saturated rings. The Balaban J connectivity index is -0.000000000833. The molecule has 0 aliphatic rings. The van der Waals surface area contributed by atoms with E-state index in [1.165, 1.54) is 0 Å². The molecule has 0 aromatic carbocycles. The molecule has 0 N–H and O–H groups in total. The van der Waals surface area contributed by atoms with Gasteiger partial charge in [-0.05, 0) is 0 Å². The number of rotatable bonds is 0. The average Bonchev–Trinajstić information content (AvgIpc) is 1.00. The molecule has 0 aliphatic heterocycles. The van der Waals surface area contributed by atoms with Gasteiger partial charge < -0.3 is 2.85 Å². The first-order valence-electron chi connectivity index (χ1n) is 0.204. The van der Waals surface area contributed by atoms with E-state index in [2.05, 4.69) is 9.29 Å². The first-order valence-corrected chi connectivity index (χ1v) is 4.11. The van der Waals surface area contributed by atoms with Crippen LogP contribution in [0.2, 0.25) is 0 Å². The molecule has 0 bridgehead atoms. The van der Waals surface area contributed by atoms with Gasteiger partial charge in [0.2, 0.25) is 0 Å². The van der Waals surface area contributed by atoms with Crippen molar-refractivity contribution in [3.05, 3.63) is 0 Å². The minimum atomic E-state index is 0. The maximum atomic E-state index is 4.17. The monoisotopic (exact) mass is 242 g/mol. The first kappa shape index (κ1) is 16.1. The summed E-state index contributed by atoms with van der Waals surface area (Å²) in [6.45, 7) is 0. The third-order valence-corrected chi connectivity index (χ3v) is 0. The smallest absolute Gasteiger partial charge is 0 e. The molecule has 0 spiro atoms. The summed E-state index contributed by atoms with van der Waals surface area (Å²) in [4.78, 5) is 0. The van der Waals surface area contributed by atoms with Crippen molar-refractivity contribution in [2.24, 2.45) is 0 Å². The molecule has 0 rings (SSSR count). The molecule has 0 heterocycles. The molecule has 0 amide bonds. The van der Waals surface area contributed by atoms with Gasteiger partial charge in [-0.25, -0.2) is 0 Å². The molecule has 0 unspecified atom stereocenters. The molecule has 0 nitrogen and oxygen atoms in total. The van der Waals surface area contributed by atoms with E-state index < -0.39 is 0 Å². The average molecular weight is 242 g/mol. The predicted octanol–water partition coefficient (Wildman–Crippen LogP) is 0.109. The van der Waals surface area contributed by atoms with Gasteiger partial charge in [0.25, 0.3) is 0 Å². The van der Waals surface area contributed by atoms with Crippen LogP contribution in [0.3, 0.4) is 0 Å². The maximum absolute atomic E-state index is 4.17. The largest absolute Gasteiger partial charge is 0 e. The standard InChI is InChI=1S/Mg.S.Sn.Zn.2H/q+2;;;;2*-1. The molecule has 0 aromatic rings.